The summed E-state index contributed by atoms with van der Waals surface area (Å²) >= 11 is 0. The summed E-state index contributed by atoms with van der Waals surface area (Å²) in [6, 6.07) is 7.27. The van der Waals surface area contributed by atoms with Crippen molar-refractivity contribution in [2.75, 3.05) is 7.11 Å². The summed E-state index contributed by atoms with van der Waals surface area (Å²) in [6.07, 6.45) is 6.94. The minimum absolute atomic E-state index is 0.00314. The molecule has 2 amide bonds. The van der Waals surface area contributed by atoms with Crippen molar-refractivity contribution in [1.82, 2.24) is 10.7 Å². The third-order valence-electron chi connectivity index (χ3n) is 6.73. The molecule has 4 fully saturated rings. The van der Waals surface area contributed by atoms with Crippen LogP contribution in [0.4, 0.5) is 4.79 Å². The summed E-state index contributed by atoms with van der Waals surface area (Å²) < 4.78 is 10.2. The molecular formula is C23H31N3O4. The highest BCUT2D eigenvalue weighted by atomic mass is 16.6. The van der Waals surface area contributed by atoms with E-state index < -0.39 is 6.09 Å². The molecule has 0 radical (unpaired) electrons. The molecule has 4 bridgehead atoms. The smallest absolute Gasteiger partial charge is 0.428 e. The summed E-state index contributed by atoms with van der Waals surface area (Å²) in [7, 11) is 1.60. The molecule has 0 aliphatic heterocycles. The average molecular weight is 414 g/mol. The second-order valence-electron chi connectivity index (χ2n) is 9.31. The van der Waals surface area contributed by atoms with Crippen molar-refractivity contribution in [2.24, 2.45) is 22.9 Å². The van der Waals surface area contributed by atoms with Gasteiger partial charge in [0.05, 0.1) is 13.5 Å². The quantitative estimate of drug-likeness (QED) is 0.526. The average Bonchev–Trinajstić information content (AvgIpc) is 2.69. The van der Waals surface area contributed by atoms with Crippen LogP contribution in [0.5, 0.6) is 5.75 Å². The van der Waals surface area contributed by atoms with Gasteiger partial charge in [-0.25, -0.2) is 10.2 Å². The van der Waals surface area contributed by atoms with Crippen molar-refractivity contribution >= 4 is 17.7 Å². The first-order valence-corrected chi connectivity index (χ1v) is 10.8. The Kier molecular flexibility index (Phi) is 5.97. The van der Waals surface area contributed by atoms with E-state index in [0.717, 1.165) is 48.3 Å². The Hall–Kier alpha value is -2.57. The number of hydrogen-bond donors (Lipinski definition) is 2. The van der Waals surface area contributed by atoms with E-state index in [-0.39, 0.29) is 24.5 Å². The molecule has 2 N–H and O–H groups in total. The van der Waals surface area contributed by atoms with Gasteiger partial charge in [-0.1, -0.05) is 12.1 Å². The van der Waals surface area contributed by atoms with Crippen LogP contribution in [0.2, 0.25) is 0 Å². The highest BCUT2D eigenvalue weighted by molar-refractivity contribution is 6.00. The predicted molar refractivity (Wildman–Crippen MR) is 113 cm³/mol. The number of hydrazone groups is 1. The van der Waals surface area contributed by atoms with E-state index in [1.807, 2.05) is 12.1 Å². The third kappa shape index (κ3) is 4.94. The predicted octanol–water partition coefficient (Wildman–Crippen LogP) is 3.77. The molecule has 0 heterocycles. The van der Waals surface area contributed by atoms with Crippen molar-refractivity contribution in [1.29, 1.82) is 0 Å². The van der Waals surface area contributed by atoms with Gasteiger partial charge in [0.15, 0.2) is 0 Å². The van der Waals surface area contributed by atoms with Gasteiger partial charge in [0.2, 0.25) is 5.91 Å². The van der Waals surface area contributed by atoms with E-state index in [2.05, 4.69) is 15.8 Å². The number of hydrogen-bond acceptors (Lipinski definition) is 5. The lowest BCUT2D eigenvalue weighted by atomic mass is 9.53. The highest BCUT2D eigenvalue weighted by Gasteiger charge is 2.51. The van der Waals surface area contributed by atoms with E-state index in [9.17, 15) is 9.59 Å². The molecule has 0 unspecified atom stereocenters. The van der Waals surface area contributed by atoms with Gasteiger partial charge in [0.25, 0.3) is 0 Å². The zero-order valence-electron chi connectivity index (χ0n) is 17.8. The first-order valence-electron chi connectivity index (χ1n) is 10.8. The minimum Gasteiger partial charge on any atom is -0.497 e. The van der Waals surface area contributed by atoms with Crippen LogP contribution < -0.4 is 15.5 Å². The Morgan fingerprint density at radius 3 is 2.23 bits per heavy atom. The van der Waals surface area contributed by atoms with E-state index in [0.29, 0.717) is 5.71 Å². The Bertz CT molecular complexity index is 783. The topological polar surface area (TPSA) is 89.0 Å². The van der Waals surface area contributed by atoms with Crippen molar-refractivity contribution in [2.45, 2.75) is 64.0 Å². The molecule has 7 heteroatoms. The van der Waals surface area contributed by atoms with Gasteiger partial charge in [-0.05, 0) is 80.9 Å². The first-order chi connectivity index (χ1) is 14.4. The van der Waals surface area contributed by atoms with Gasteiger partial charge in [-0.3, -0.25) is 4.79 Å². The molecule has 4 saturated carbocycles. The standard InChI is InChI=1S/C23H31N3O4/c1-15(25-26-22(28)30-14-16-3-5-20(29-2)6-4-16)7-21(27)24-23-11-17-8-18(12-23)10-19(9-17)13-23/h3-6,17-19H,7-14H2,1-2H3,(H,24,27)(H,26,28). The van der Waals surface area contributed by atoms with Crippen LogP contribution in [-0.2, 0) is 16.1 Å². The first kappa shape index (κ1) is 20.7. The van der Waals surface area contributed by atoms with Crippen molar-refractivity contribution in [3.8, 4) is 5.75 Å². The summed E-state index contributed by atoms with van der Waals surface area (Å²) in [6.45, 7) is 1.87. The molecule has 0 atom stereocenters. The van der Waals surface area contributed by atoms with E-state index in [1.54, 1.807) is 26.2 Å². The van der Waals surface area contributed by atoms with Crippen molar-refractivity contribution < 1.29 is 19.1 Å². The molecule has 4 aliphatic rings. The maximum atomic E-state index is 12.6. The Morgan fingerprint density at radius 1 is 1.07 bits per heavy atom. The molecule has 4 aliphatic carbocycles. The van der Waals surface area contributed by atoms with Crippen LogP contribution in [0.1, 0.15) is 57.4 Å². The van der Waals surface area contributed by atoms with Gasteiger partial charge in [-0.2, -0.15) is 5.10 Å². The maximum Gasteiger partial charge on any atom is 0.428 e. The van der Waals surface area contributed by atoms with Crippen LogP contribution in [0.3, 0.4) is 0 Å². The summed E-state index contributed by atoms with van der Waals surface area (Å²) in [5, 5.41) is 7.33. The molecule has 5 rings (SSSR count). The molecular weight excluding hydrogens is 382 g/mol. The third-order valence-corrected chi connectivity index (χ3v) is 6.73. The monoisotopic (exact) mass is 413 g/mol. The summed E-state index contributed by atoms with van der Waals surface area (Å²) in [4.78, 5) is 24.5. The van der Waals surface area contributed by atoms with Crippen LogP contribution >= 0.6 is 0 Å². The molecule has 0 aromatic heterocycles. The molecule has 1 aromatic rings. The number of benzene rings is 1. The largest absolute Gasteiger partial charge is 0.497 e. The normalized spacial score (nSPS) is 29.4. The molecule has 7 nitrogen and oxygen atoms in total. The van der Waals surface area contributed by atoms with Gasteiger partial charge >= 0.3 is 6.09 Å². The number of amides is 2. The zero-order chi connectivity index (χ0) is 21.1. The van der Waals surface area contributed by atoms with Gasteiger partial charge in [-0.15, -0.1) is 0 Å². The lowest BCUT2D eigenvalue weighted by Gasteiger charge is -2.56. The number of carbonyl (C=O) groups is 2. The van der Waals surface area contributed by atoms with E-state index in [1.165, 1.54) is 19.3 Å². The fourth-order valence-electron chi connectivity index (χ4n) is 5.92. The van der Waals surface area contributed by atoms with E-state index in [4.69, 9.17) is 9.47 Å². The lowest BCUT2D eigenvalue weighted by Crippen LogP contribution is -2.60. The Morgan fingerprint density at radius 2 is 1.67 bits per heavy atom. The number of carbonyl (C=O) groups excluding carboxylic acids is 2. The van der Waals surface area contributed by atoms with Crippen LogP contribution in [-0.4, -0.2) is 30.4 Å². The molecule has 0 spiro atoms. The van der Waals surface area contributed by atoms with Crippen molar-refractivity contribution in [3.63, 3.8) is 0 Å². The van der Waals surface area contributed by atoms with E-state index >= 15 is 0 Å². The maximum absolute atomic E-state index is 12.6. The second-order valence-corrected chi connectivity index (χ2v) is 9.31. The fourth-order valence-corrected chi connectivity index (χ4v) is 5.92. The molecule has 1 aromatic carbocycles. The minimum atomic E-state index is -0.647. The van der Waals surface area contributed by atoms with Crippen LogP contribution in [0, 0.1) is 17.8 Å². The number of rotatable bonds is 7. The molecule has 30 heavy (non-hydrogen) atoms. The van der Waals surface area contributed by atoms with Crippen molar-refractivity contribution in [3.05, 3.63) is 29.8 Å². The molecule has 0 saturated heterocycles. The number of methoxy groups -OCH3 is 1. The second kappa shape index (κ2) is 8.66. The van der Waals surface area contributed by atoms with Gasteiger partial charge in [0, 0.05) is 11.3 Å². The highest BCUT2D eigenvalue weighted by Crippen LogP contribution is 2.55. The van der Waals surface area contributed by atoms with Crippen LogP contribution in [0.25, 0.3) is 0 Å². The van der Waals surface area contributed by atoms with Gasteiger partial charge < -0.3 is 14.8 Å². The SMILES string of the molecule is COc1ccc(COC(=O)NN=C(C)CC(=O)NC23CC4CC(CC(C4)C2)C3)cc1. The number of nitrogens with one attached hydrogen (secondary N) is 2. The van der Waals surface area contributed by atoms with Gasteiger partial charge in [0.1, 0.15) is 12.4 Å². The summed E-state index contributed by atoms with van der Waals surface area (Å²) in [5.41, 5.74) is 3.76. The number of nitrogens with zero attached hydrogens (tertiary/aromatic N) is 1. The Labute approximate surface area is 177 Å². The fraction of sp³-hybridized carbons (Fsp3) is 0.609. The number of ether oxygens (including phenoxy) is 2. The zero-order valence-corrected chi connectivity index (χ0v) is 17.8. The summed E-state index contributed by atoms with van der Waals surface area (Å²) in [5.74, 6) is 3.09. The molecule has 162 valence electrons. The Balaban J connectivity index is 1.21. The van der Waals surface area contributed by atoms with Crippen LogP contribution in [0.15, 0.2) is 29.4 Å². The lowest BCUT2D eigenvalue weighted by molar-refractivity contribution is -0.125.